The molecule has 1 aromatic carbocycles. The summed E-state index contributed by atoms with van der Waals surface area (Å²) in [5.41, 5.74) is 2.37. The number of rotatable bonds is 5. The number of pyridine rings is 1. The molecule has 0 fully saturated rings. The highest BCUT2D eigenvalue weighted by Gasteiger charge is 2.09. The lowest BCUT2D eigenvalue weighted by Gasteiger charge is -2.27. The van der Waals surface area contributed by atoms with Crippen LogP contribution in [0.25, 0.3) is 0 Å². The van der Waals surface area contributed by atoms with Crippen molar-refractivity contribution in [1.82, 2.24) is 4.98 Å². The number of halogens is 1. The average Bonchev–Trinajstić information content (AvgIpc) is 2.50. The standard InChI is InChI=1S/C17H20ClN3O/c1-4-21(12(2)3)15-8-6-14(7-9-15)20-17(22)13-5-10-16(18)19-11-13/h5-12H,4H2,1-3H3,(H,20,22). The number of aromatic nitrogens is 1. The van der Waals surface area contributed by atoms with Gasteiger partial charge in [-0.1, -0.05) is 11.6 Å². The first kappa shape index (κ1) is 16.3. The van der Waals surface area contributed by atoms with Crippen LogP contribution < -0.4 is 10.2 Å². The molecule has 0 aliphatic heterocycles. The van der Waals surface area contributed by atoms with Crippen LogP contribution in [-0.4, -0.2) is 23.5 Å². The van der Waals surface area contributed by atoms with E-state index in [1.54, 1.807) is 12.1 Å². The average molecular weight is 318 g/mol. The molecule has 116 valence electrons. The molecule has 1 aromatic heterocycles. The van der Waals surface area contributed by atoms with Crippen molar-refractivity contribution in [2.24, 2.45) is 0 Å². The van der Waals surface area contributed by atoms with Gasteiger partial charge in [0, 0.05) is 30.2 Å². The summed E-state index contributed by atoms with van der Waals surface area (Å²) in [5, 5.41) is 3.22. The number of benzene rings is 1. The minimum Gasteiger partial charge on any atom is -0.369 e. The summed E-state index contributed by atoms with van der Waals surface area (Å²) in [6.07, 6.45) is 1.46. The number of nitrogens with one attached hydrogen (secondary N) is 1. The van der Waals surface area contributed by atoms with Gasteiger partial charge in [0.2, 0.25) is 0 Å². The fraction of sp³-hybridized carbons (Fsp3) is 0.294. The van der Waals surface area contributed by atoms with Gasteiger partial charge in [0.1, 0.15) is 5.15 Å². The van der Waals surface area contributed by atoms with Gasteiger partial charge in [-0.25, -0.2) is 4.98 Å². The number of carbonyl (C=O) groups excluding carboxylic acids is 1. The van der Waals surface area contributed by atoms with Crippen LogP contribution in [0.1, 0.15) is 31.1 Å². The Kier molecular flexibility index (Phi) is 5.39. The van der Waals surface area contributed by atoms with Crippen molar-refractivity contribution in [3.8, 4) is 0 Å². The van der Waals surface area contributed by atoms with E-state index in [0.717, 1.165) is 17.9 Å². The van der Waals surface area contributed by atoms with E-state index >= 15 is 0 Å². The Morgan fingerprint density at radius 3 is 2.41 bits per heavy atom. The van der Waals surface area contributed by atoms with Gasteiger partial charge in [0.15, 0.2) is 0 Å². The summed E-state index contributed by atoms with van der Waals surface area (Å²) in [4.78, 5) is 18.3. The SMILES string of the molecule is CCN(c1ccc(NC(=O)c2ccc(Cl)nc2)cc1)C(C)C. The topological polar surface area (TPSA) is 45.2 Å². The highest BCUT2D eigenvalue weighted by molar-refractivity contribution is 6.29. The first-order valence-corrected chi connectivity index (χ1v) is 7.68. The molecule has 1 heterocycles. The van der Waals surface area contributed by atoms with Gasteiger partial charge in [-0.15, -0.1) is 0 Å². The van der Waals surface area contributed by atoms with Crippen molar-refractivity contribution >= 4 is 28.9 Å². The molecule has 5 heteroatoms. The van der Waals surface area contributed by atoms with E-state index < -0.39 is 0 Å². The lowest BCUT2D eigenvalue weighted by molar-refractivity contribution is 0.102. The molecule has 0 atom stereocenters. The third kappa shape index (κ3) is 3.98. The zero-order valence-electron chi connectivity index (χ0n) is 13.0. The second-order valence-corrected chi connectivity index (χ2v) is 5.64. The molecule has 0 saturated carbocycles. The summed E-state index contributed by atoms with van der Waals surface area (Å²) < 4.78 is 0. The first-order chi connectivity index (χ1) is 10.5. The van der Waals surface area contributed by atoms with Crippen LogP contribution in [0.3, 0.4) is 0 Å². The van der Waals surface area contributed by atoms with Crippen molar-refractivity contribution in [2.75, 3.05) is 16.8 Å². The van der Waals surface area contributed by atoms with Gasteiger partial charge < -0.3 is 10.2 Å². The van der Waals surface area contributed by atoms with E-state index in [1.807, 2.05) is 24.3 Å². The summed E-state index contributed by atoms with van der Waals surface area (Å²) in [6, 6.07) is 11.5. The largest absolute Gasteiger partial charge is 0.369 e. The lowest BCUT2D eigenvalue weighted by Crippen LogP contribution is -2.30. The van der Waals surface area contributed by atoms with Crippen LogP contribution in [0.5, 0.6) is 0 Å². The van der Waals surface area contributed by atoms with Gasteiger partial charge in [0.05, 0.1) is 5.56 Å². The van der Waals surface area contributed by atoms with Crippen LogP contribution in [0, 0.1) is 0 Å². The predicted molar refractivity (Wildman–Crippen MR) is 91.8 cm³/mol. The molecule has 0 spiro atoms. The van der Waals surface area contributed by atoms with E-state index in [4.69, 9.17) is 11.6 Å². The first-order valence-electron chi connectivity index (χ1n) is 7.31. The van der Waals surface area contributed by atoms with Gasteiger partial charge in [0.25, 0.3) is 5.91 Å². The number of hydrogen-bond donors (Lipinski definition) is 1. The molecule has 0 aliphatic carbocycles. The molecule has 2 aromatic rings. The van der Waals surface area contributed by atoms with Crippen LogP contribution in [0.15, 0.2) is 42.6 Å². The van der Waals surface area contributed by atoms with Crippen LogP contribution in [-0.2, 0) is 0 Å². The normalized spacial score (nSPS) is 10.6. The van der Waals surface area contributed by atoms with E-state index in [2.05, 4.69) is 36.0 Å². The van der Waals surface area contributed by atoms with Gasteiger partial charge in [-0.2, -0.15) is 0 Å². The van der Waals surface area contributed by atoms with E-state index in [1.165, 1.54) is 6.20 Å². The maximum atomic E-state index is 12.1. The molecule has 0 saturated heterocycles. The van der Waals surface area contributed by atoms with Crippen LogP contribution in [0.4, 0.5) is 11.4 Å². The Balaban J connectivity index is 2.08. The lowest BCUT2D eigenvalue weighted by atomic mass is 10.2. The maximum absolute atomic E-state index is 12.1. The highest BCUT2D eigenvalue weighted by atomic mass is 35.5. The number of anilines is 2. The van der Waals surface area contributed by atoms with Crippen molar-refractivity contribution < 1.29 is 4.79 Å². The summed E-state index contributed by atoms with van der Waals surface area (Å²) in [6.45, 7) is 7.39. The van der Waals surface area contributed by atoms with E-state index in [9.17, 15) is 4.79 Å². The fourth-order valence-corrected chi connectivity index (χ4v) is 2.41. The Bertz CT molecular complexity index is 623. The van der Waals surface area contributed by atoms with E-state index in [-0.39, 0.29) is 5.91 Å². The summed E-state index contributed by atoms with van der Waals surface area (Å²) in [7, 11) is 0. The minimum atomic E-state index is -0.201. The Labute approximate surface area is 136 Å². The number of hydrogen-bond acceptors (Lipinski definition) is 3. The molecular weight excluding hydrogens is 298 g/mol. The quantitative estimate of drug-likeness (QED) is 0.840. The van der Waals surface area contributed by atoms with Crippen molar-refractivity contribution in [1.29, 1.82) is 0 Å². The van der Waals surface area contributed by atoms with Crippen molar-refractivity contribution in [2.45, 2.75) is 26.8 Å². The third-order valence-corrected chi connectivity index (χ3v) is 3.63. The monoisotopic (exact) mass is 317 g/mol. The van der Waals surface area contributed by atoms with Crippen LogP contribution in [0.2, 0.25) is 5.15 Å². The maximum Gasteiger partial charge on any atom is 0.257 e. The summed E-state index contributed by atoms with van der Waals surface area (Å²) in [5.74, 6) is -0.201. The fourth-order valence-electron chi connectivity index (χ4n) is 2.30. The minimum absolute atomic E-state index is 0.201. The number of amides is 1. The van der Waals surface area contributed by atoms with Crippen LogP contribution >= 0.6 is 11.6 Å². The molecule has 0 radical (unpaired) electrons. The molecule has 1 amide bonds. The van der Waals surface area contributed by atoms with E-state index in [0.29, 0.717) is 16.8 Å². The Morgan fingerprint density at radius 1 is 1.23 bits per heavy atom. The van der Waals surface area contributed by atoms with Gasteiger partial charge >= 0.3 is 0 Å². The number of carbonyl (C=O) groups is 1. The third-order valence-electron chi connectivity index (χ3n) is 3.41. The Morgan fingerprint density at radius 2 is 1.91 bits per heavy atom. The molecule has 22 heavy (non-hydrogen) atoms. The van der Waals surface area contributed by atoms with Crippen molar-refractivity contribution in [3.63, 3.8) is 0 Å². The molecule has 2 rings (SSSR count). The molecular formula is C17H20ClN3O. The summed E-state index contributed by atoms with van der Waals surface area (Å²) >= 11 is 5.72. The molecule has 0 unspecified atom stereocenters. The molecule has 0 bridgehead atoms. The van der Waals surface area contributed by atoms with Gasteiger partial charge in [-0.05, 0) is 57.2 Å². The second-order valence-electron chi connectivity index (χ2n) is 5.25. The van der Waals surface area contributed by atoms with Gasteiger partial charge in [-0.3, -0.25) is 4.79 Å². The molecule has 1 N–H and O–H groups in total. The van der Waals surface area contributed by atoms with Crippen molar-refractivity contribution in [3.05, 3.63) is 53.3 Å². The highest BCUT2D eigenvalue weighted by Crippen LogP contribution is 2.20. The Hall–Kier alpha value is -2.07. The number of nitrogens with zero attached hydrogens (tertiary/aromatic N) is 2. The molecule has 0 aliphatic rings. The molecule has 4 nitrogen and oxygen atoms in total. The predicted octanol–water partition coefficient (Wildman–Crippen LogP) is 4.22. The smallest absolute Gasteiger partial charge is 0.257 e. The zero-order valence-corrected chi connectivity index (χ0v) is 13.8. The zero-order chi connectivity index (χ0) is 16.1. The second kappa shape index (κ2) is 7.27.